The Balaban J connectivity index is 2.03. The first-order chi connectivity index (χ1) is 6.59. The summed E-state index contributed by atoms with van der Waals surface area (Å²) in [5, 5.41) is 0. The molecule has 0 heterocycles. The standard InChI is InChI=1S/C13H21Br/c1-12-7-8-13(2,11(12)14)10-6-4-3-5-9(10)12/h9-11H,3-8H2,1-2H3/t9-,10-,11?,12-,13+/m0/s1. The van der Waals surface area contributed by atoms with Gasteiger partial charge in [0.05, 0.1) is 0 Å². The maximum atomic E-state index is 4.03. The van der Waals surface area contributed by atoms with Crippen LogP contribution in [-0.2, 0) is 0 Å². The molecule has 3 aliphatic rings. The highest BCUT2D eigenvalue weighted by atomic mass is 79.9. The summed E-state index contributed by atoms with van der Waals surface area (Å²) in [6.07, 6.45) is 8.96. The summed E-state index contributed by atoms with van der Waals surface area (Å²) in [5.41, 5.74) is 1.28. The molecule has 0 radical (unpaired) electrons. The second-order valence-corrected chi connectivity index (χ2v) is 7.29. The summed E-state index contributed by atoms with van der Waals surface area (Å²) < 4.78 is 0. The normalized spacial score (nSPS) is 61.5. The average Bonchev–Trinajstić information content (AvgIpc) is 2.53. The van der Waals surface area contributed by atoms with Crippen molar-refractivity contribution in [3.8, 4) is 0 Å². The maximum Gasteiger partial charge on any atom is 0.0258 e. The van der Waals surface area contributed by atoms with E-state index in [1.807, 2.05) is 0 Å². The van der Waals surface area contributed by atoms with E-state index in [2.05, 4.69) is 29.8 Å². The third-order valence-corrected chi connectivity index (χ3v) is 7.91. The van der Waals surface area contributed by atoms with Gasteiger partial charge in [-0.15, -0.1) is 0 Å². The van der Waals surface area contributed by atoms with Crippen LogP contribution in [0.15, 0.2) is 0 Å². The molecule has 0 aromatic heterocycles. The molecule has 0 N–H and O–H groups in total. The van der Waals surface area contributed by atoms with Gasteiger partial charge in [0.1, 0.15) is 0 Å². The summed E-state index contributed by atoms with van der Waals surface area (Å²) in [6.45, 7) is 5.10. The Hall–Kier alpha value is 0.480. The van der Waals surface area contributed by atoms with Gasteiger partial charge < -0.3 is 0 Å². The molecule has 0 aliphatic heterocycles. The first kappa shape index (κ1) is 9.69. The summed E-state index contributed by atoms with van der Waals surface area (Å²) in [4.78, 5) is 0.801. The second-order valence-electron chi connectivity index (χ2n) is 6.37. The quantitative estimate of drug-likeness (QED) is 0.565. The van der Waals surface area contributed by atoms with Crippen LogP contribution in [0.5, 0.6) is 0 Å². The van der Waals surface area contributed by atoms with Crippen LogP contribution in [0, 0.1) is 22.7 Å². The molecule has 3 fully saturated rings. The number of halogens is 1. The molecular formula is C13H21Br. The minimum Gasteiger partial charge on any atom is -0.0879 e. The Morgan fingerprint density at radius 3 is 1.79 bits per heavy atom. The number of alkyl halides is 1. The molecule has 0 aromatic rings. The van der Waals surface area contributed by atoms with Gasteiger partial charge in [0, 0.05) is 4.83 Å². The molecule has 80 valence electrons. The highest BCUT2D eigenvalue weighted by molar-refractivity contribution is 9.09. The number of hydrogen-bond donors (Lipinski definition) is 0. The van der Waals surface area contributed by atoms with Crippen molar-refractivity contribution in [2.24, 2.45) is 22.7 Å². The van der Waals surface area contributed by atoms with Crippen LogP contribution in [-0.4, -0.2) is 4.83 Å². The van der Waals surface area contributed by atoms with Crippen molar-refractivity contribution in [1.82, 2.24) is 0 Å². The molecule has 0 amide bonds. The molecule has 0 saturated heterocycles. The predicted molar refractivity (Wildman–Crippen MR) is 63.6 cm³/mol. The van der Waals surface area contributed by atoms with Gasteiger partial charge in [0.15, 0.2) is 0 Å². The van der Waals surface area contributed by atoms with E-state index in [0.717, 1.165) is 16.7 Å². The number of fused-ring (bicyclic) bond motifs is 5. The summed E-state index contributed by atoms with van der Waals surface area (Å²) >= 11 is 4.03. The lowest BCUT2D eigenvalue weighted by atomic mass is 9.62. The first-order valence-electron chi connectivity index (χ1n) is 6.23. The summed E-state index contributed by atoms with van der Waals surface area (Å²) in [6, 6.07) is 0. The van der Waals surface area contributed by atoms with Crippen molar-refractivity contribution in [3.63, 3.8) is 0 Å². The van der Waals surface area contributed by atoms with Gasteiger partial charge in [0.2, 0.25) is 0 Å². The zero-order valence-corrected chi connectivity index (χ0v) is 10.9. The lowest BCUT2D eigenvalue weighted by Crippen LogP contribution is -2.34. The van der Waals surface area contributed by atoms with Crippen molar-refractivity contribution >= 4 is 15.9 Å². The van der Waals surface area contributed by atoms with E-state index in [4.69, 9.17) is 0 Å². The molecule has 3 saturated carbocycles. The minimum absolute atomic E-state index is 0.639. The van der Waals surface area contributed by atoms with Crippen LogP contribution < -0.4 is 0 Å². The lowest BCUT2D eigenvalue weighted by molar-refractivity contribution is 0.0672. The monoisotopic (exact) mass is 256 g/mol. The van der Waals surface area contributed by atoms with E-state index in [0.29, 0.717) is 10.8 Å². The molecule has 3 aliphatic carbocycles. The van der Waals surface area contributed by atoms with Crippen LogP contribution in [0.4, 0.5) is 0 Å². The average molecular weight is 257 g/mol. The molecule has 0 aromatic carbocycles. The zero-order valence-electron chi connectivity index (χ0n) is 9.35. The van der Waals surface area contributed by atoms with Crippen molar-refractivity contribution in [1.29, 1.82) is 0 Å². The lowest BCUT2D eigenvalue weighted by Gasteiger charge is -2.43. The molecule has 5 atom stereocenters. The van der Waals surface area contributed by atoms with Crippen molar-refractivity contribution in [3.05, 3.63) is 0 Å². The predicted octanol–water partition coefficient (Wildman–Crippen LogP) is 4.38. The number of hydrogen-bond acceptors (Lipinski definition) is 0. The Morgan fingerprint density at radius 2 is 1.36 bits per heavy atom. The smallest absolute Gasteiger partial charge is 0.0258 e. The van der Waals surface area contributed by atoms with Crippen molar-refractivity contribution in [2.45, 2.75) is 57.2 Å². The highest BCUT2D eigenvalue weighted by Gasteiger charge is 2.66. The summed E-state index contributed by atoms with van der Waals surface area (Å²) in [7, 11) is 0. The van der Waals surface area contributed by atoms with Crippen LogP contribution in [0.25, 0.3) is 0 Å². The van der Waals surface area contributed by atoms with Gasteiger partial charge in [-0.3, -0.25) is 0 Å². The Morgan fingerprint density at radius 1 is 0.929 bits per heavy atom. The zero-order chi connectivity index (χ0) is 9.97. The fourth-order valence-electron chi connectivity index (χ4n) is 5.00. The van der Waals surface area contributed by atoms with E-state index in [9.17, 15) is 0 Å². The molecule has 0 spiro atoms. The van der Waals surface area contributed by atoms with E-state index in [1.165, 1.54) is 38.5 Å². The van der Waals surface area contributed by atoms with Gasteiger partial charge in [0.25, 0.3) is 0 Å². The molecule has 1 unspecified atom stereocenters. The highest BCUT2D eigenvalue weighted by Crippen LogP contribution is 2.72. The Bertz CT molecular complexity index is 236. The van der Waals surface area contributed by atoms with Gasteiger partial charge in [-0.05, 0) is 48.3 Å². The van der Waals surface area contributed by atoms with Crippen LogP contribution in [0.3, 0.4) is 0 Å². The van der Waals surface area contributed by atoms with Gasteiger partial charge in [-0.2, -0.15) is 0 Å². The fourth-order valence-corrected chi connectivity index (χ4v) is 6.14. The van der Waals surface area contributed by atoms with Gasteiger partial charge >= 0.3 is 0 Å². The summed E-state index contributed by atoms with van der Waals surface area (Å²) in [5.74, 6) is 2.08. The Kier molecular flexibility index (Phi) is 1.92. The molecule has 1 heteroatoms. The minimum atomic E-state index is 0.639. The van der Waals surface area contributed by atoms with Crippen molar-refractivity contribution < 1.29 is 0 Å². The molecule has 0 nitrogen and oxygen atoms in total. The van der Waals surface area contributed by atoms with E-state index < -0.39 is 0 Å². The molecule has 14 heavy (non-hydrogen) atoms. The third-order valence-electron chi connectivity index (χ3n) is 5.82. The first-order valence-corrected chi connectivity index (χ1v) is 7.15. The number of rotatable bonds is 0. The largest absolute Gasteiger partial charge is 0.0879 e. The van der Waals surface area contributed by atoms with Crippen molar-refractivity contribution in [2.75, 3.05) is 0 Å². The van der Waals surface area contributed by atoms with E-state index >= 15 is 0 Å². The van der Waals surface area contributed by atoms with Gasteiger partial charge in [-0.1, -0.05) is 42.6 Å². The third kappa shape index (κ3) is 0.911. The Labute approximate surface area is 96.0 Å². The van der Waals surface area contributed by atoms with Crippen LogP contribution >= 0.6 is 15.9 Å². The van der Waals surface area contributed by atoms with E-state index in [1.54, 1.807) is 0 Å². The van der Waals surface area contributed by atoms with Crippen LogP contribution in [0.2, 0.25) is 0 Å². The fraction of sp³-hybridized carbons (Fsp3) is 1.00. The molecule has 2 bridgehead atoms. The maximum absolute atomic E-state index is 4.03. The SMILES string of the molecule is C[C@]12CC[C@](C)(C1Br)[C@H]1CCCC[C@@H]12. The second kappa shape index (κ2) is 2.78. The molecule has 3 rings (SSSR count). The van der Waals surface area contributed by atoms with E-state index in [-0.39, 0.29) is 0 Å². The topological polar surface area (TPSA) is 0 Å². The van der Waals surface area contributed by atoms with Gasteiger partial charge in [-0.25, -0.2) is 0 Å². The van der Waals surface area contributed by atoms with Crippen LogP contribution in [0.1, 0.15) is 52.4 Å². The molecular weight excluding hydrogens is 236 g/mol.